The van der Waals surface area contributed by atoms with Crippen LogP contribution in [-0.2, 0) is 4.79 Å². The maximum absolute atomic E-state index is 13.7. The molecule has 20 heavy (non-hydrogen) atoms. The molecule has 1 atom stereocenters. The Labute approximate surface area is 119 Å². The largest absolute Gasteiger partial charge is 0.339 e. The third-order valence-corrected chi connectivity index (χ3v) is 3.27. The van der Waals surface area contributed by atoms with Crippen molar-refractivity contribution in [3.63, 3.8) is 0 Å². The normalized spacial score (nSPS) is 12.6. The maximum Gasteiger partial charge on any atom is 0.224 e. The molecule has 0 spiro atoms. The molecule has 0 heterocycles. The first kappa shape index (κ1) is 16.6. The Morgan fingerprint density at radius 1 is 1.30 bits per heavy atom. The van der Waals surface area contributed by atoms with Crippen LogP contribution in [0.3, 0.4) is 0 Å². The molecular weight excluding hydrogens is 262 g/mol. The van der Waals surface area contributed by atoms with Crippen molar-refractivity contribution in [2.45, 2.75) is 39.3 Å². The first-order valence-electron chi connectivity index (χ1n) is 6.77. The number of nitrogens with one attached hydrogen (secondary N) is 1. The second kappa shape index (κ2) is 7.33. The highest BCUT2D eigenvalue weighted by atomic mass is 19.1. The van der Waals surface area contributed by atoms with Crippen LogP contribution in [0.5, 0.6) is 0 Å². The van der Waals surface area contributed by atoms with Gasteiger partial charge in [0, 0.05) is 31.6 Å². The Balaban J connectivity index is 2.68. The van der Waals surface area contributed by atoms with Gasteiger partial charge in [0.25, 0.3) is 0 Å². The molecule has 112 valence electrons. The van der Waals surface area contributed by atoms with Gasteiger partial charge >= 0.3 is 0 Å². The van der Waals surface area contributed by atoms with Gasteiger partial charge in [0.05, 0.1) is 6.04 Å². The van der Waals surface area contributed by atoms with Gasteiger partial charge < -0.3 is 10.2 Å². The highest BCUT2D eigenvalue weighted by Crippen LogP contribution is 2.23. The van der Waals surface area contributed by atoms with E-state index in [2.05, 4.69) is 5.32 Å². The minimum absolute atomic E-state index is 0.102. The van der Waals surface area contributed by atoms with Gasteiger partial charge in [-0.1, -0.05) is 13.8 Å². The van der Waals surface area contributed by atoms with E-state index in [-0.39, 0.29) is 11.5 Å². The number of carbonyl (C=O) groups is 1. The van der Waals surface area contributed by atoms with Gasteiger partial charge in [-0.15, -0.1) is 0 Å². The van der Waals surface area contributed by atoms with Crippen molar-refractivity contribution >= 4 is 5.91 Å². The Hall–Kier alpha value is -1.49. The van der Waals surface area contributed by atoms with Crippen LogP contribution in [0.15, 0.2) is 18.2 Å². The monoisotopic (exact) mass is 284 g/mol. The summed E-state index contributed by atoms with van der Waals surface area (Å²) in [4.78, 5) is 13.4. The highest BCUT2D eigenvalue weighted by molar-refractivity contribution is 5.76. The standard InChI is InChI=1S/C15H22F2N2O/c1-10(2)18-8-7-15(20)19(4)11(3)13-9-12(16)5-6-14(13)17/h5-6,9-11,18H,7-8H2,1-4H3. The molecule has 1 aromatic rings. The fraction of sp³-hybridized carbons (Fsp3) is 0.533. The summed E-state index contributed by atoms with van der Waals surface area (Å²) in [6.45, 7) is 6.25. The van der Waals surface area contributed by atoms with Crippen molar-refractivity contribution in [3.05, 3.63) is 35.4 Å². The van der Waals surface area contributed by atoms with Gasteiger partial charge in [0.2, 0.25) is 5.91 Å². The second-order valence-corrected chi connectivity index (χ2v) is 5.21. The Morgan fingerprint density at radius 2 is 1.95 bits per heavy atom. The SMILES string of the molecule is CC(C)NCCC(=O)N(C)C(C)c1cc(F)ccc1F. The summed E-state index contributed by atoms with van der Waals surface area (Å²) in [5, 5.41) is 3.15. The zero-order valence-electron chi connectivity index (χ0n) is 12.4. The minimum atomic E-state index is -0.504. The fourth-order valence-corrected chi connectivity index (χ4v) is 1.90. The molecule has 0 aliphatic carbocycles. The van der Waals surface area contributed by atoms with E-state index in [9.17, 15) is 13.6 Å². The van der Waals surface area contributed by atoms with E-state index in [0.717, 1.165) is 18.2 Å². The van der Waals surface area contributed by atoms with Crippen LogP contribution >= 0.6 is 0 Å². The zero-order chi connectivity index (χ0) is 15.3. The number of benzene rings is 1. The average Bonchev–Trinajstić information content (AvgIpc) is 2.39. The number of halogens is 2. The van der Waals surface area contributed by atoms with E-state index in [4.69, 9.17) is 0 Å². The molecule has 1 amide bonds. The minimum Gasteiger partial charge on any atom is -0.339 e. The van der Waals surface area contributed by atoms with Gasteiger partial charge in [-0.05, 0) is 25.1 Å². The van der Waals surface area contributed by atoms with E-state index >= 15 is 0 Å². The maximum atomic E-state index is 13.7. The Bertz CT molecular complexity index is 463. The summed E-state index contributed by atoms with van der Waals surface area (Å²) >= 11 is 0. The highest BCUT2D eigenvalue weighted by Gasteiger charge is 2.20. The van der Waals surface area contributed by atoms with E-state index in [0.29, 0.717) is 19.0 Å². The average molecular weight is 284 g/mol. The van der Waals surface area contributed by atoms with Gasteiger partial charge in [-0.25, -0.2) is 8.78 Å². The predicted molar refractivity (Wildman–Crippen MR) is 75.3 cm³/mol. The van der Waals surface area contributed by atoms with Crippen molar-refractivity contribution in [1.29, 1.82) is 0 Å². The number of hydrogen-bond acceptors (Lipinski definition) is 2. The van der Waals surface area contributed by atoms with E-state index in [1.807, 2.05) is 13.8 Å². The number of nitrogens with zero attached hydrogens (tertiary/aromatic N) is 1. The van der Waals surface area contributed by atoms with Crippen molar-refractivity contribution in [3.8, 4) is 0 Å². The lowest BCUT2D eigenvalue weighted by molar-refractivity contribution is -0.131. The lowest BCUT2D eigenvalue weighted by Gasteiger charge is -2.26. The summed E-state index contributed by atoms with van der Waals surface area (Å²) in [6, 6.07) is 3.10. The van der Waals surface area contributed by atoms with Crippen molar-refractivity contribution in [2.75, 3.05) is 13.6 Å². The molecule has 3 nitrogen and oxygen atoms in total. The molecule has 0 radical (unpaired) electrons. The summed E-state index contributed by atoms with van der Waals surface area (Å²) in [6.07, 6.45) is 0.329. The summed E-state index contributed by atoms with van der Waals surface area (Å²) < 4.78 is 26.9. The fourth-order valence-electron chi connectivity index (χ4n) is 1.90. The van der Waals surface area contributed by atoms with Gasteiger partial charge in [-0.3, -0.25) is 4.79 Å². The molecule has 0 saturated carbocycles. The van der Waals surface area contributed by atoms with Crippen LogP contribution in [0.2, 0.25) is 0 Å². The number of carbonyl (C=O) groups excluding carboxylic acids is 1. The molecular formula is C15H22F2N2O. The van der Waals surface area contributed by atoms with E-state index < -0.39 is 17.7 Å². The molecule has 0 bridgehead atoms. The first-order chi connectivity index (χ1) is 9.32. The van der Waals surface area contributed by atoms with Gasteiger partial charge in [-0.2, -0.15) is 0 Å². The third kappa shape index (κ3) is 4.56. The van der Waals surface area contributed by atoms with Gasteiger partial charge in [0.1, 0.15) is 11.6 Å². The van der Waals surface area contributed by atoms with Crippen LogP contribution in [-0.4, -0.2) is 30.4 Å². The summed E-state index contributed by atoms with van der Waals surface area (Å²) in [5.74, 6) is -1.11. The molecule has 1 rings (SSSR count). The molecule has 1 aromatic carbocycles. The first-order valence-corrected chi connectivity index (χ1v) is 6.77. The quantitative estimate of drug-likeness (QED) is 0.871. The molecule has 0 aliphatic rings. The van der Waals surface area contributed by atoms with Crippen molar-refractivity contribution in [2.24, 2.45) is 0 Å². The lowest BCUT2D eigenvalue weighted by Crippen LogP contribution is -2.34. The number of hydrogen-bond donors (Lipinski definition) is 1. The van der Waals surface area contributed by atoms with Crippen LogP contribution in [0.4, 0.5) is 8.78 Å². The number of rotatable bonds is 6. The molecule has 0 aliphatic heterocycles. The van der Waals surface area contributed by atoms with Crippen LogP contribution in [0, 0.1) is 11.6 Å². The number of amides is 1. The third-order valence-electron chi connectivity index (χ3n) is 3.27. The topological polar surface area (TPSA) is 32.3 Å². The van der Waals surface area contributed by atoms with Crippen LogP contribution < -0.4 is 5.32 Å². The Kier molecular flexibility index (Phi) is 6.07. The Morgan fingerprint density at radius 3 is 2.55 bits per heavy atom. The zero-order valence-corrected chi connectivity index (χ0v) is 12.4. The van der Waals surface area contributed by atoms with Crippen LogP contribution in [0.25, 0.3) is 0 Å². The summed E-state index contributed by atoms with van der Waals surface area (Å²) in [7, 11) is 1.60. The van der Waals surface area contributed by atoms with Crippen LogP contribution in [0.1, 0.15) is 38.8 Å². The molecule has 5 heteroatoms. The summed E-state index contributed by atoms with van der Waals surface area (Å²) in [5.41, 5.74) is 0.192. The van der Waals surface area contributed by atoms with Crippen molar-refractivity contribution in [1.82, 2.24) is 10.2 Å². The van der Waals surface area contributed by atoms with Crippen molar-refractivity contribution < 1.29 is 13.6 Å². The molecule has 0 aromatic heterocycles. The van der Waals surface area contributed by atoms with Gasteiger partial charge in [0.15, 0.2) is 0 Å². The second-order valence-electron chi connectivity index (χ2n) is 5.21. The predicted octanol–water partition coefficient (Wildman–Crippen LogP) is 2.87. The molecule has 0 fully saturated rings. The molecule has 0 saturated heterocycles. The molecule has 1 N–H and O–H groups in total. The van der Waals surface area contributed by atoms with E-state index in [1.54, 1.807) is 14.0 Å². The smallest absolute Gasteiger partial charge is 0.224 e. The molecule has 1 unspecified atom stereocenters. The lowest BCUT2D eigenvalue weighted by atomic mass is 10.1. The van der Waals surface area contributed by atoms with E-state index in [1.165, 1.54) is 4.90 Å².